The molecule has 0 radical (unpaired) electrons. The van der Waals surface area contributed by atoms with E-state index in [4.69, 9.17) is 4.52 Å². The van der Waals surface area contributed by atoms with Gasteiger partial charge >= 0.3 is 6.36 Å². The van der Waals surface area contributed by atoms with E-state index in [1.807, 2.05) is 13.8 Å². The van der Waals surface area contributed by atoms with Crippen LogP contribution in [0.25, 0.3) is 0 Å². The molecule has 0 fully saturated rings. The number of hydrogen-bond donors (Lipinski definition) is 1. The average Bonchev–Trinajstić information content (AvgIpc) is 3.23. The van der Waals surface area contributed by atoms with Crippen molar-refractivity contribution in [2.24, 2.45) is 0 Å². The largest absolute Gasteiger partial charge is 0.573 e. The van der Waals surface area contributed by atoms with Crippen LogP contribution >= 0.6 is 23.1 Å². The van der Waals surface area contributed by atoms with Crippen LogP contribution in [0, 0.1) is 0 Å². The summed E-state index contributed by atoms with van der Waals surface area (Å²) in [7, 11) is 0. The van der Waals surface area contributed by atoms with Gasteiger partial charge in [-0.1, -0.05) is 42.1 Å². The predicted octanol–water partition coefficient (Wildman–Crippen LogP) is 4.98. The summed E-state index contributed by atoms with van der Waals surface area (Å²) < 4.78 is 46.1. The minimum absolute atomic E-state index is 0.192. The first-order valence-electron chi connectivity index (χ1n) is 7.70. The molecule has 1 aromatic carbocycles. The molecule has 0 aliphatic rings. The molecule has 0 saturated heterocycles. The van der Waals surface area contributed by atoms with Crippen molar-refractivity contribution in [2.75, 3.05) is 5.32 Å². The summed E-state index contributed by atoms with van der Waals surface area (Å²) >= 11 is 2.71. The fourth-order valence-electron chi connectivity index (χ4n) is 1.87. The molecule has 0 amide bonds. The number of thioether (sulfide) groups is 1. The number of alkyl halides is 3. The Kier molecular flexibility index (Phi) is 5.85. The number of nitrogens with one attached hydrogen (secondary N) is 1. The monoisotopic (exact) mass is 417 g/mol. The SMILES string of the molecule is CC(C)c1noc(CSc2nnc(Nc3ccc(OC(F)(F)F)cc3)s2)n1. The van der Waals surface area contributed by atoms with E-state index in [1.54, 1.807) is 0 Å². The van der Waals surface area contributed by atoms with Crippen LogP contribution in [0.2, 0.25) is 0 Å². The summed E-state index contributed by atoms with van der Waals surface area (Å²) in [5.74, 6) is 1.54. The van der Waals surface area contributed by atoms with Crippen LogP contribution in [-0.4, -0.2) is 26.7 Å². The molecule has 144 valence electrons. The van der Waals surface area contributed by atoms with Gasteiger partial charge < -0.3 is 14.6 Å². The van der Waals surface area contributed by atoms with Gasteiger partial charge in [0, 0.05) is 11.6 Å². The molecule has 27 heavy (non-hydrogen) atoms. The number of nitrogens with zero attached hydrogens (tertiary/aromatic N) is 4. The number of hydrogen-bond acceptors (Lipinski definition) is 9. The van der Waals surface area contributed by atoms with E-state index >= 15 is 0 Å². The summed E-state index contributed by atoms with van der Waals surface area (Å²) in [5.41, 5.74) is 0.565. The number of aromatic nitrogens is 4. The van der Waals surface area contributed by atoms with Crippen LogP contribution in [0.5, 0.6) is 5.75 Å². The molecular formula is C15H14F3N5O2S2. The Hall–Kier alpha value is -2.34. The number of rotatable bonds is 7. The van der Waals surface area contributed by atoms with Gasteiger partial charge in [-0.3, -0.25) is 0 Å². The summed E-state index contributed by atoms with van der Waals surface area (Å²) in [4.78, 5) is 4.28. The lowest BCUT2D eigenvalue weighted by molar-refractivity contribution is -0.274. The van der Waals surface area contributed by atoms with Gasteiger partial charge in [-0.25, -0.2) is 0 Å². The quantitative estimate of drug-likeness (QED) is 0.539. The van der Waals surface area contributed by atoms with Gasteiger partial charge in [-0.2, -0.15) is 4.98 Å². The predicted molar refractivity (Wildman–Crippen MR) is 94.3 cm³/mol. The molecule has 1 N–H and O–H groups in total. The molecule has 3 rings (SSSR count). The second kappa shape index (κ2) is 8.13. The smallest absolute Gasteiger partial charge is 0.406 e. The zero-order valence-corrected chi connectivity index (χ0v) is 15.8. The average molecular weight is 417 g/mol. The standard InChI is InChI=1S/C15H14F3N5O2S2/c1-8(2)12-20-11(25-23-12)7-26-14-22-21-13(27-14)19-9-3-5-10(6-4-9)24-15(16,17)18/h3-6,8H,7H2,1-2H3,(H,19,21). The summed E-state index contributed by atoms with van der Waals surface area (Å²) in [5, 5.41) is 15.4. The number of halogens is 3. The van der Waals surface area contributed by atoms with Crippen LogP contribution in [0.4, 0.5) is 24.0 Å². The van der Waals surface area contributed by atoms with Crippen molar-refractivity contribution >= 4 is 33.9 Å². The first kappa shape index (κ1) is 19.4. The van der Waals surface area contributed by atoms with Crippen LogP contribution in [0.1, 0.15) is 31.5 Å². The van der Waals surface area contributed by atoms with Crippen molar-refractivity contribution in [3.8, 4) is 5.75 Å². The Bertz CT molecular complexity index is 880. The molecular weight excluding hydrogens is 403 g/mol. The van der Waals surface area contributed by atoms with E-state index in [1.165, 1.54) is 47.4 Å². The number of benzene rings is 1. The molecule has 0 spiro atoms. The third-order valence-corrected chi connectivity index (χ3v) is 5.02. The molecule has 0 bridgehead atoms. The molecule has 0 aliphatic carbocycles. The first-order valence-corrected chi connectivity index (χ1v) is 9.50. The highest BCUT2D eigenvalue weighted by Crippen LogP contribution is 2.30. The highest BCUT2D eigenvalue weighted by Gasteiger charge is 2.30. The molecule has 0 aliphatic heterocycles. The van der Waals surface area contributed by atoms with Crippen molar-refractivity contribution in [1.82, 2.24) is 20.3 Å². The summed E-state index contributed by atoms with van der Waals surface area (Å²) in [6.45, 7) is 3.96. The lowest BCUT2D eigenvalue weighted by Crippen LogP contribution is -2.16. The minimum atomic E-state index is -4.71. The van der Waals surface area contributed by atoms with Crippen LogP contribution < -0.4 is 10.1 Å². The van der Waals surface area contributed by atoms with Crippen molar-refractivity contribution in [1.29, 1.82) is 0 Å². The fourth-order valence-corrected chi connectivity index (χ4v) is 3.48. The second-order valence-electron chi connectivity index (χ2n) is 5.56. The fraction of sp³-hybridized carbons (Fsp3) is 0.333. The number of ether oxygens (including phenoxy) is 1. The molecule has 7 nitrogen and oxygen atoms in total. The normalized spacial score (nSPS) is 11.8. The van der Waals surface area contributed by atoms with E-state index < -0.39 is 6.36 Å². The van der Waals surface area contributed by atoms with Gasteiger partial charge in [0.1, 0.15) is 5.75 Å². The Balaban J connectivity index is 1.54. The van der Waals surface area contributed by atoms with E-state index in [-0.39, 0.29) is 11.7 Å². The maximum absolute atomic E-state index is 12.2. The molecule has 12 heteroatoms. The van der Waals surface area contributed by atoms with Gasteiger partial charge in [-0.05, 0) is 24.3 Å². The van der Waals surface area contributed by atoms with Crippen molar-refractivity contribution in [2.45, 2.75) is 36.2 Å². The van der Waals surface area contributed by atoms with E-state index in [0.717, 1.165) is 0 Å². The van der Waals surface area contributed by atoms with Crippen molar-refractivity contribution < 1.29 is 22.4 Å². The molecule has 2 heterocycles. The number of anilines is 2. The third-order valence-electron chi connectivity index (χ3n) is 3.06. The lowest BCUT2D eigenvalue weighted by Gasteiger charge is -2.09. The Morgan fingerprint density at radius 2 is 1.96 bits per heavy atom. The highest BCUT2D eigenvalue weighted by atomic mass is 32.2. The Morgan fingerprint density at radius 1 is 1.22 bits per heavy atom. The molecule has 0 unspecified atom stereocenters. The minimum Gasteiger partial charge on any atom is -0.406 e. The summed E-state index contributed by atoms with van der Waals surface area (Å²) in [6.07, 6.45) is -4.71. The lowest BCUT2D eigenvalue weighted by atomic mass is 10.2. The topological polar surface area (TPSA) is 86.0 Å². The zero-order chi connectivity index (χ0) is 19.4. The van der Waals surface area contributed by atoms with Crippen molar-refractivity contribution in [3.63, 3.8) is 0 Å². The maximum atomic E-state index is 12.2. The molecule has 3 aromatic rings. The van der Waals surface area contributed by atoms with Gasteiger partial charge in [0.2, 0.25) is 11.0 Å². The second-order valence-corrected chi connectivity index (χ2v) is 7.76. The summed E-state index contributed by atoms with van der Waals surface area (Å²) in [6, 6.07) is 5.35. The van der Waals surface area contributed by atoms with E-state index in [2.05, 4.69) is 30.4 Å². The van der Waals surface area contributed by atoms with Gasteiger partial charge in [0.05, 0.1) is 5.75 Å². The van der Waals surface area contributed by atoms with Crippen LogP contribution in [-0.2, 0) is 5.75 Å². The Labute approximate surface area is 160 Å². The molecule has 0 atom stereocenters. The van der Waals surface area contributed by atoms with Gasteiger partial charge in [-0.15, -0.1) is 23.4 Å². The zero-order valence-electron chi connectivity index (χ0n) is 14.1. The van der Waals surface area contributed by atoms with Crippen LogP contribution in [0.3, 0.4) is 0 Å². The first-order chi connectivity index (χ1) is 12.8. The molecule has 0 saturated carbocycles. The van der Waals surface area contributed by atoms with Crippen molar-refractivity contribution in [3.05, 3.63) is 36.0 Å². The van der Waals surface area contributed by atoms with Gasteiger partial charge in [0.25, 0.3) is 0 Å². The third kappa shape index (κ3) is 5.82. The maximum Gasteiger partial charge on any atom is 0.573 e. The van der Waals surface area contributed by atoms with Crippen LogP contribution in [0.15, 0.2) is 33.1 Å². The Morgan fingerprint density at radius 3 is 2.59 bits per heavy atom. The molecule has 2 aromatic heterocycles. The van der Waals surface area contributed by atoms with E-state index in [9.17, 15) is 13.2 Å². The highest BCUT2D eigenvalue weighted by molar-refractivity contribution is 8.00. The van der Waals surface area contributed by atoms with E-state index in [0.29, 0.717) is 32.6 Å². The van der Waals surface area contributed by atoms with Gasteiger partial charge in [0.15, 0.2) is 10.2 Å².